The molecule has 3 heterocycles. The van der Waals surface area contributed by atoms with E-state index in [-0.39, 0.29) is 5.54 Å². The highest BCUT2D eigenvalue weighted by Gasteiger charge is 2.25. The first-order chi connectivity index (χ1) is 16.4. The minimum Gasteiger partial charge on any atom is -0.497 e. The smallest absolute Gasteiger partial charge is 0.216 e. The maximum atomic E-state index is 5.37. The van der Waals surface area contributed by atoms with Crippen molar-refractivity contribution in [1.29, 1.82) is 0 Å². The normalized spacial score (nSPS) is 15.1. The zero-order valence-corrected chi connectivity index (χ0v) is 21.1. The topological polar surface area (TPSA) is 57.9 Å². The Morgan fingerprint density at radius 3 is 2.47 bits per heavy atom. The Bertz CT molecular complexity index is 1250. The van der Waals surface area contributed by atoms with Crippen molar-refractivity contribution in [2.45, 2.75) is 32.9 Å². The quantitative estimate of drug-likeness (QED) is 0.423. The number of nitrogens with zero attached hydrogens (tertiary/aromatic N) is 5. The summed E-state index contributed by atoms with van der Waals surface area (Å²) in [6, 6.07) is 18.7. The number of hydrogen-bond donors (Lipinski definition) is 1. The second kappa shape index (κ2) is 9.27. The number of rotatable bonds is 6. The molecule has 1 aliphatic rings. The van der Waals surface area contributed by atoms with Crippen LogP contribution in [-0.4, -0.2) is 58.3 Å². The highest BCUT2D eigenvalue weighted by atomic mass is 32.1. The number of nitrogens with one attached hydrogen (secondary N) is 1. The van der Waals surface area contributed by atoms with Gasteiger partial charge in [-0.15, -0.1) is 5.10 Å². The number of aromatic nitrogens is 3. The maximum Gasteiger partial charge on any atom is 0.216 e. The molecule has 1 N–H and O–H groups in total. The Morgan fingerprint density at radius 1 is 1.00 bits per heavy atom. The lowest BCUT2D eigenvalue weighted by Gasteiger charge is -2.34. The number of fused-ring (bicyclic) bond motifs is 1. The zero-order valence-electron chi connectivity index (χ0n) is 20.3. The Hall–Kier alpha value is -3.10. The van der Waals surface area contributed by atoms with Crippen LogP contribution in [0.15, 0.2) is 54.6 Å². The first-order valence-electron chi connectivity index (χ1n) is 11.7. The predicted molar refractivity (Wildman–Crippen MR) is 140 cm³/mol. The summed E-state index contributed by atoms with van der Waals surface area (Å²) >= 11 is 1.66. The van der Waals surface area contributed by atoms with Crippen molar-refractivity contribution in [3.8, 4) is 17.0 Å². The lowest BCUT2D eigenvalue weighted by atomic mass is 10.1. The van der Waals surface area contributed by atoms with Crippen molar-refractivity contribution in [2.24, 2.45) is 0 Å². The Labute approximate surface area is 205 Å². The van der Waals surface area contributed by atoms with E-state index in [1.165, 1.54) is 5.56 Å². The third kappa shape index (κ3) is 4.88. The fourth-order valence-corrected chi connectivity index (χ4v) is 5.21. The number of piperazine rings is 1. The molecule has 2 aromatic heterocycles. The molecule has 5 rings (SSSR count). The molecule has 1 aliphatic heterocycles. The van der Waals surface area contributed by atoms with Crippen molar-refractivity contribution in [3.63, 3.8) is 0 Å². The van der Waals surface area contributed by atoms with E-state index in [1.54, 1.807) is 18.4 Å². The molecule has 1 fully saturated rings. The summed E-state index contributed by atoms with van der Waals surface area (Å²) < 4.78 is 7.35. The average Bonchev–Trinajstić information content (AvgIpc) is 3.39. The van der Waals surface area contributed by atoms with Gasteiger partial charge in [0.25, 0.3) is 0 Å². The minimum atomic E-state index is -0.102. The largest absolute Gasteiger partial charge is 0.497 e. The fourth-order valence-electron chi connectivity index (χ4n) is 4.26. The molecule has 8 heteroatoms. The molecular weight excluding hydrogens is 444 g/mol. The Kier molecular flexibility index (Phi) is 6.18. The molecular formula is C26H32N6OS. The van der Waals surface area contributed by atoms with E-state index in [0.29, 0.717) is 0 Å². The van der Waals surface area contributed by atoms with E-state index in [0.717, 1.165) is 65.6 Å². The average molecular weight is 477 g/mol. The summed E-state index contributed by atoms with van der Waals surface area (Å²) in [6.07, 6.45) is 0. The number of anilines is 2. The van der Waals surface area contributed by atoms with Crippen molar-refractivity contribution in [3.05, 3.63) is 60.2 Å². The summed E-state index contributed by atoms with van der Waals surface area (Å²) in [5.74, 6) is 1.87. The van der Waals surface area contributed by atoms with Crippen LogP contribution in [0.1, 0.15) is 26.3 Å². The third-order valence-corrected chi connectivity index (χ3v) is 6.89. The molecule has 0 aliphatic carbocycles. The van der Waals surface area contributed by atoms with Crippen LogP contribution in [-0.2, 0) is 6.54 Å². The summed E-state index contributed by atoms with van der Waals surface area (Å²) in [5.41, 5.74) is 3.23. The van der Waals surface area contributed by atoms with Gasteiger partial charge >= 0.3 is 0 Å². The van der Waals surface area contributed by atoms with Crippen LogP contribution < -0.4 is 15.0 Å². The molecule has 0 spiro atoms. The molecule has 0 radical (unpaired) electrons. The number of ether oxygens (including phenoxy) is 1. The van der Waals surface area contributed by atoms with E-state index < -0.39 is 0 Å². The van der Waals surface area contributed by atoms with Crippen molar-refractivity contribution in [1.82, 2.24) is 19.5 Å². The number of hydrogen-bond acceptors (Lipinski definition) is 7. The van der Waals surface area contributed by atoms with E-state index in [9.17, 15) is 0 Å². The van der Waals surface area contributed by atoms with Gasteiger partial charge in [0.1, 0.15) is 11.4 Å². The summed E-state index contributed by atoms with van der Waals surface area (Å²) in [4.78, 5) is 10.8. The number of imidazole rings is 1. The summed E-state index contributed by atoms with van der Waals surface area (Å²) in [5, 5.41) is 9.67. The SMILES string of the molecule is COc1cccc(CN2CCN(c3nn4c(NC(C)(C)C)c(-c5ccccc5)nc4s3)CC2)c1. The van der Waals surface area contributed by atoms with Crippen molar-refractivity contribution in [2.75, 3.05) is 43.5 Å². The first kappa shape index (κ1) is 22.7. The van der Waals surface area contributed by atoms with Gasteiger partial charge in [-0.2, -0.15) is 4.52 Å². The van der Waals surface area contributed by atoms with Crippen molar-refractivity contribution < 1.29 is 4.74 Å². The molecule has 7 nitrogen and oxygen atoms in total. The van der Waals surface area contributed by atoms with Gasteiger partial charge in [-0.25, -0.2) is 4.98 Å². The molecule has 0 saturated carbocycles. The van der Waals surface area contributed by atoms with Crippen molar-refractivity contribution >= 4 is 27.2 Å². The third-order valence-electron chi connectivity index (χ3n) is 5.92. The lowest BCUT2D eigenvalue weighted by Crippen LogP contribution is -2.46. The molecule has 0 unspecified atom stereocenters. The standard InChI is InChI=1S/C26H32N6OS/c1-26(2,3)28-23-22(20-10-6-5-7-11-20)27-24-32(23)29-25(34-24)31-15-13-30(14-16-31)18-19-9-8-12-21(17-19)33-4/h5-12,17,28H,13-16,18H2,1-4H3. The van der Waals surface area contributed by atoms with Gasteiger partial charge in [0.15, 0.2) is 5.82 Å². The monoisotopic (exact) mass is 476 g/mol. The van der Waals surface area contributed by atoms with E-state index in [4.69, 9.17) is 14.8 Å². The molecule has 0 bridgehead atoms. The molecule has 2 aromatic carbocycles. The predicted octanol–water partition coefficient (Wildman–Crippen LogP) is 5.00. The molecule has 1 saturated heterocycles. The van der Waals surface area contributed by atoms with Crippen LogP contribution in [0.4, 0.5) is 10.9 Å². The summed E-state index contributed by atoms with van der Waals surface area (Å²) in [6.45, 7) is 11.3. The fraction of sp³-hybridized carbons (Fsp3) is 0.385. The first-order valence-corrected chi connectivity index (χ1v) is 12.5. The highest BCUT2D eigenvalue weighted by molar-refractivity contribution is 7.20. The van der Waals surface area contributed by atoms with E-state index in [2.05, 4.69) is 66.2 Å². The van der Waals surface area contributed by atoms with Crippen LogP contribution in [0.25, 0.3) is 16.2 Å². The second-order valence-corrected chi connectivity index (χ2v) is 10.7. The Morgan fingerprint density at radius 2 is 1.76 bits per heavy atom. The van der Waals surface area contributed by atoms with Gasteiger partial charge in [-0.1, -0.05) is 53.8 Å². The lowest BCUT2D eigenvalue weighted by molar-refractivity contribution is 0.249. The van der Waals surface area contributed by atoms with Gasteiger partial charge in [0.2, 0.25) is 10.1 Å². The van der Waals surface area contributed by atoms with E-state index >= 15 is 0 Å². The summed E-state index contributed by atoms with van der Waals surface area (Å²) in [7, 11) is 1.72. The second-order valence-electron chi connectivity index (χ2n) is 9.74. The maximum absolute atomic E-state index is 5.37. The van der Waals surface area contributed by atoms with Gasteiger partial charge < -0.3 is 15.0 Å². The number of benzene rings is 2. The van der Waals surface area contributed by atoms with Crippen LogP contribution in [0.5, 0.6) is 5.75 Å². The van der Waals surface area contributed by atoms with Crippen LogP contribution in [0.2, 0.25) is 0 Å². The van der Waals surface area contributed by atoms with Gasteiger partial charge in [-0.3, -0.25) is 4.90 Å². The molecule has 0 atom stereocenters. The highest BCUT2D eigenvalue weighted by Crippen LogP contribution is 2.35. The molecule has 4 aromatic rings. The van der Waals surface area contributed by atoms with Gasteiger partial charge in [0.05, 0.1) is 7.11 Å². The Balaban J connectivity index is 1.34. The van der Waals surface area contributed by atoms with E-state index in [1.807, 2.05) is 28.8 Å². The van der Waals surface area contributed by atoms with Crippen LogP contribution in [0.3, 0.4) is 0 Å². The number of methoxy groups -OCH3 is 1. The van der Waals surface area contributed by atoms with Crippen LogP contribution in [0, 0.1) is 0 Å². The minimum absolute atomic E-state index is 0.102. The van der Waals surface area contributed by atoms with Gasteiger partial charge in [-0.05, 0) is 38.5 Å². The molecule has 34 heavy (non-hydrogen) atoms. The zero-order chi connectivity index (χ0) is 23.7. The van der Waals surface area contributed by atoms with Gasteiger partial charge in [0, 0.05) is 43.8 Å². The molecule has 0 amide bonds. The van der Waals surface area contributed by atoms with Crippen LogP contribution >= 0.6 is 11.3 Å². The molecule has 178 valence electrons.